The fourth-order valence-electron chi connectivity index (χ4n) is 1.08. The van der Waals surface area contributed by atoms with Gasteiger partial charge in [0.1, 0.15) is 0 Å². The first kappa shape index (κ1) is 11.8. The van der Waals surface area contributed by atoms with Gasteiger partial charge in [-0.1, -0.05) is 0 Å². The van der Waals surface area contributed by atoms with Crippen LogP contribution in [0.3, 0.4) is 0 Å². The molecule has 0 atom stereocenters. The van der Waals surface area contributed by atoms with Crippen molar-refractivity contribution in [2.45, 2.75) is 11.8 Å². The van der Waals surface area contributed by atoms with E-state index in [-0.39, 0.29) is 16.1 Å². The lowest BCUT2D eigenvalue weighted by Gasteiger charge is -2.06. The molecule has 0 aliphatic heterocycles. The molecule has 0 aliphatic rings. The second kappa shape index (κ2) is 3.71. The van der Waals surface area contributed by atoms with E-state index in [1.165, 1.54) is 13.0 Å². The second-order valence-corrected chi connectivity index (χ2v) is 5.51. The predicted molar refractivity (Wildman–Crippen MR) is 55.6 cm³/mol. The van der Waals surface area contributed by atoms with Crippen LogP contribution in [0, 0.1) is 6.92 Å². The van der Waals surface area contributed by atoms with E-state index < -0.39 is 15.0 Å². The maximum Gasteiger partial charge on any atom is 0.337 e. The van der Waals surface area contributed by atoms with Gasteiger partial charge in [-0.15, -0.1) is 0 Å². The predicted octanol–water partition coefficient (Wildman–Crippen LogP) is 1.20. The summed E-state index contributed by atoms with van der Waals surface area (Å²) in [5.41, 5.74) is 5.60. The van der Waals surface area contributed by atoms with E-state index in [4.69, 9.17) is 21.5 Å². The van der Waals surface area contributed by atoms with Crippen molar-refractivity contribution in [2.75, 3.05) is 5.73 Å². The number of anilines is 1. The molecule has 3 N–H and O–H groups in total. The van der Waals surface area contributed by atoms with Gasteiger partial charge in [-0.2, -0.15) is 0 Å². The molecule has 1 aromatic carbocycles. The molecule has 0 heterocycles. The molecule has 5 nitrogen and oxygen atoms in total. The Morgan fingerprint density at radius 1 is 1.47 bits per heavy atom. The smallest absolute Gasteiger partial charge is 0.337 e. The highest BCUT2D eigenvalue weighted by Gasteiger charge is 2.17. The molecule has 1 rings (SSSR count). The largest absolute Gasteiger partial charge is 0.478 e. The van der Waals surface area contributed by atoms with E-state index >= 15 is 0 Å². The Labute approximate surface area is 90.9 Å². The van der Waals surface area contributed by atoms with Crippen molar-refractivity contribution in [3.8, 4) is 0 Å². The van der Waals surface area contributed by atoms with Gasteiger partial charge in [-0.25, -0.2) is 13.2 Å². The lowest BCUT2D eigenvalue weighted by Crippen LogP contribution is -2.06. The molecule has 15 heavy (non-hydrogen) atoms. The van der Waals surface area contributed by atoms with Gasteiger partial charge >= 0.3 is 5.97 Å². The number of carboxylic acid groups (broad SMARTS) is 1. The maximum absolute atomic E-state index is 11.0. The average molecular weight is 250 g/mol. The summed E-state index contributed by atoms with van der Waals surface area (Å²) in [6.45, 7) is 1.51. The summed E-state index contributed by atoms with van der Waals surface area (Å²) < 4.78 is 22.0. The van der Waals surface area contributed by atoms with Crippen molar-refractivity contribution in [3.05, 3.63) is 23.3 Å². The first-order valence-corrected chi connectivity index (χ1v) is 6.12. The topological polar surface area (TPSA) is 97.5 Å². The minimum atomic E-state index is -3.94. The van der Waals surface area contributed by atoms with Gasteiger partial charge in [0.25, 0.3) is 9.05 Å². The summed E-state index contributed by atoms with van der Waals surface area (Å²) in [6.07, 6.45) is 0. The first-order chi connectivity index (χ1) is 6.73. The van der Waals surface area contributed by atoms with Gasteiger partial charge < -0.3 is 10.8 Å². The van der Waals surface area contributed by atoms with Gasteiger partial charge in [-0.3, -0.25) is 0 Å². The zero-order valence-corrected chi connectivity index (χ0v) is 9.26. The summed E-state index contributed by atoms with van der Waals surface area (Å²) in [4.78, 5) is 10.5. The Balaban J connectivity index is 3.57. The van der Waals surface area contributed by atoms with Crippen molar-refractivity contribution in [2.24, 2.45) is 0 Å². The molecule has 0 aliphatic carbocycles. The Morgan fingerprint density at radius 2 is 2.00 bits per heavy atom. The van der Waals surface area contributed by atoms with Crippen LogP contribution in [0.25, 0.3) is 0 Å². The fraction of sp³-hybridized carbons (Fsp3) is 0.125. The van der Waals surface area contributed by atoms with Crippen LogP contribution >= 0.6 is 10.7 Å². The van der Waals surface area contributed by atoms with Crippen molar-refractivity contribution in [3.63, 3.8) is 0 Å². The zero-order chi connectivity index (χ0) is 11.8. The van der Waals surface area contributed by atoms with Crippen molar-refractivity contribution in [1.82, 2.24) is 0 Å². The summed E-state index contributed by atoms with van der Waals surface area (Å²) in [5.74, 6) is -1.29. The zero-order valence-electron chi connectivity index (χ0n) is 7.69. The molecule has 1 aromatic rings. The highest BCUT2D eigenvalue weighted by atomic mass is 35.7. The van der Waals surface area contributed by atoms with Crippen molar-refractivity contribution >= 4 is 31.4 Å². The number of carboxylic acids is 1. The molecule has 0 bridgehead atoms. The standard InChI is InChI=1S/C8H8ClNO4S/c1-4-2-5(15(9,13)14)3-6(7(4)10)8(11)12/h2-3H,10H2,1H3,(H,11,12). The van der Waals surface area contributed by atoms with Crippen LogP contribution in [0.2, 0.25) is 0 Å². The number of aromatic carboxylic acids is 1. The number of carbonyl (C=O) groups is 1. The first-order valence-electron chi connectivity index (χ1n) is 3.81. The molecule has 0 radical (unpaired) electrons. The molecule has 0 unspecified atom stereocenters. The van der Waals surface area contributed by atoms with E-state index in [1.54, 1.807) is 0 Å². The molecular formula is C8H8ClNO4S. The monoisotopic (exact) mass is 249 g/mol. The van der Waals surface area contributed by atoms with Crippen molar-refractivity contribution < 1.29 is 18.3 Å². The minimum Gasteiger partial charge on any atom is -0.478 e. The summed E-state index contributed by atoms with van der Waals surface area (Å²) >= 11 is 0. The molecular weight excluding hydrogens is 242 g/mol. The Morgan fingerprint density at radius 3 is 2.40 bits per heavy atom. The molecule has 0 saturated carbocycles. The SMILES string of the molecule is Cc1cc(S(=O)(=O)Cl)cc(C(=O)O)c1N. The molecule has 7 heteroatoms. The number of hydrogen-bond donors (Lipinski definition) is 2. The number of nitrogen functional groups attached to an aromatic ring is 1. The summed E-state index contributed by atoms with van der Waals surface area (Å²) in [6, 6.07) is 2.16. The van der Waals surface area contributed by atoms with E-state index in [9.17, 15) is 13.2 Å². The van der Waals surface area contributed by atoms with Crippen LogP contribution in [0.1, 0.15) is 15.9 Å². The van der Waals surface area contributed by atoms with Gasteiger partial charge in [-0.05, 0) is 24.6 Å². The Hall–Kier alpha value is -1.27. The number of hydrogen-bond acceptors (Lipinski definition) is 4. The molecule has 0 spiro atoms. The third-order valence-electron chi connectivity index (χ3n) is 1.87. The molecule has 82 valence electrons. The van der Waals surface area contributed by atoms with Gasteiger partial charge in [0.2, 0.25) is 0 Å². The fourth-order valence-corrected chi connectivity index (χ4v) is 1.93. The number of aryl methyl sites for hydroxylation is 1. The van der Waals surface area contributed by atoms with E-state index in [2.05, 4.69) is 0 Å². The van der Waals surface area contributed by atoms with Crippen LogP contribution in [-0.2, 0) is 9.05 Å². The number of rotatable bonds is 2. The van der Waals surface area contributed by atoms with Gasteiger partial charge in [0.15, 0.2) is 0 Å². The van der Waals surface area contributed by atoms with E-state index in [0.29, 0.717) is 5.56 Å². The number of nitrogens with two attached hydrogens (primary N) is 1. The second-order valence-electron chi connectivity index (χ2n) is 2.94. The normalized spacial score (nSPS) is 11.3. The average Bonchev–Trinajstić information content (AvgIpc) is 2.06. The van der Waals surface area contributed by atoms with Crippen molar-refractivity contribution in [1.29, 1.82) is 0 Å². The third-order valence-corrected chi connectivity index (χ3v) is 3.21. The van der Waals surface area contributed by atoms with Crippen LogP contribution in [0.15, 0.2) is 17.0 Å². The number of benzene rings is 1. The van der Waals surface area contributed by atoms with E-state index in [0.717, 1.165) is 6.07 Å². The Bertz CT molecular complexity index is 524. The number of halogens is 1. The Kier molecular flexibility index (Phi) is 2.92. The van der Waals surface area contributed by atoms with Gasteiger partial charge in [0.05, 0.1) is 10.5 Å². The highest BCUT2D eigenvalue weighted by molar-refractivity contribution is 8.13. The van der Waals surface area contributed by atoms with Crippen LogP contribution in [0.5, 0.6) is 0 Å². The van der Waals surface area contributed by atoms with Crippen LogP contribution < -0.4 is 5.73 Å². The lowest BCUT2D eigenvalue weighted by atomic mass is 10.1. The highest BCUT2D eigenvalue weighted by Crippen LogP contribution is 2.24. The summed E-state index contributed by atoms with van der Waals surface area (Å²) in [7, 11) is 1.15. The maximum atomic E-state index is 11.0. The summed E-state index contributed by atoms with van der Waals surface area (Å²) in [5, 5.41) is 8.76. The molecule has 0 amide bonds. The third kappa shape index (κ3) is 2.40. The quantitative estimate of drug-likeness (QED) is 0.606. The minimum absolute atomic E-state index is 0.0339. The lowest BCUT2D eigenvalue weighted by molar-refractivity contribution is 0.0697. The molecule has 0 saturated heterocycles. The van der Waals surface area contributed by atoms with Crippen LogP contribution in [-0.4, -0.2) is 19.5 Å². The van der Waals surface area contributed by atoms with Crippen LogP contribution in [0.4, 0.5) is 5.69 Å². The van der Waals surface area contributed by atoms with Gasteiger partial charge in [0, 0.05) is 16.4 Å². The van der Waals surface area contributed by atoms with E-state index in [1.807, 2.05) is 0 Å². The molecule has 0 fully saturated rings. The molecule has 0 aromatic heterocycles.